The fourth-order valence-electron chi connectivity index (χ4n) is 3.42. The first kappa shape index (κ1) is 20.5. The normalized spacial score (nSPS) is 21.6. The van der Waals surface area contributed by atoms with Gasteiger partial charge in [0.2, 0.25) is 10.0 Å². The molecule has 0 aliphatic carbocycles. The second-order valence-corrected chi connectivity index (χ2v) is 9.76. The van der Waals surface area contributed by atoms with E-state index in [1.54, 1.807) is 16.4 Å². The van der Waals surface area contributed by atoms with Crippen LogP contribution in [0.3, 0.4) is 0 Å². The van der Waals surface area contributed by atoms with Crippen molar-refractivity contribution in [1.82, 2.24) is 14.5 Å². The lowest BCUT2D eigenvalue weighted by Gasteiger charge is -2.35. The fourth-order valence-corrected chi connectivity index (χ4v) is 5.11. The first-order valence-electron chi connectivity index (χ1n) is 9.62. The van der Waals surface area contributed by atoms with E-state index in [4.69, 9.17) is 17.0 Å². The van der Waals surface area contributed by atoms with Crippen LogP contribution in [0.25, 0.3) is 0 Å². The van der Waals surface area contributed by atoms with Crippen molar-refractivity contribution in [2.75, 3.05) is 39.3 Å². The standard InChI is InChI=1S/C19H29N3O3S2/c1-15(2)16-5-7-18(8-6-16)27(23,24)22-11-9-21(10-12-22)19(26)20-14-17-4-3-13-25-17/h5-8,15,17H,3-4,9-14H2,1-2H3,(H,20,26)/t17-/m0/s1. The average Bonchev–Trinajstić information content (AvgIpc) is 3.20. The van der Waals surface area contributed by atoms with Crippen LogP contribution >= 0.6 is 12.2 Å². The molecule has 0 bridgehead atoms. The molecule has 1 N–H and O–H groups in total. The number of thiocarbonyl (C=S) groups is 1. The maximum Gasteiger partial charge on any atom is 0.243 e. The molecule has 0 saturated carbocycles. The van der Waals surface area contributed by atoms with Crippen LogP contribution in [-0.2, 0) is 14.8 Å². The second kappa shape index (κ2) is 8.86. The Kier molecular flexibility index (Phi) is 6.73. The number of rotatable bonds is 5. The van der Waals surface area contributed by atoms with Gasteiger partial charge in [-0.05, 0) is 48.7 Å². The summed E-state index contributed by atoms with van der Waals surface area (Å²) in [5, 5.41) is 3.94. The Bertz CT molecular complexity index is 736. The summed E-state index contributed by atoms with van der Waals surface area (Å²) in [4.78, 5) is 2.40. The van der Waals surface area contributed by atoms with Gasteiger partial charge in [0.25, 0.3) is 0 Å². The molecule has 150 valence electrons. The van der Waals surface area contributed by atoms with Gasteiger partial charge in [-0.1, -0.05) is 26.0 Å². The van der Waals surface area contributed by atoms with E-state index in [2.05, 4.69) is 19.2 Å². The highest BCUT2D eigenvalue weighted by molar-refractivity contribution is 7.89. The lowest BCUT2D eigenvalue weighted by molar-refractivity contribution is 0.113. The number of nitrogens with zero attached hydrogens (tertiary/aromatic N) is 2. The van der Waals surface area contributed by atoms with Crippen molar-refractivity contribution in [3.63, 3.8) is 0 Å². The molecule has 0 aromatic heterocycles. The Balaban J connectivity index is 1.53. The molecule has 3 rings (SSSR count). The number of hydrogen-bond donors (Lipinski definition) is 1. The van der Waals surface area contributed by atoms with Gasteiger partial charge >= 0.3 is 0 Å². The third-order valence-electron chi connectivity index (χ3n) is 5.22. The quantitative estimate of drug-likeness (QED) is 0.750. The Morgan fingerprint density at radius 2 is 1.89 bits per heavy atom. The van der Waals surface area contributed by atoms with E-state index in [1.165, 1.54) is 0 Å². The summed E-state index contributed by atoms with van der Waals surface area (Å²) in [6.07, 6.45) is 2.41. The van der Waals surface area contributed by atoms with Crippen molar-refractivity contribution in [2.24, 2.45) is 0 Å². The summed E-state index contributed by atoms with van der Waals surface area (Å²) in [7, 11) is -3.46. The predicted octanol–water partition coefficient (Wildman–Crippen LogP) is 2.17. The molecule has 6 nitrogen and oxygen atoms in total. The topological polar surface area (TPSA) is 61.9 Å². The Labute approximate surface area is 167 Å². The number of benzene rings is 1. The summed E-state index contributed by atoms with van der Waals surface area (Å²) < 4.78 is 32.9. The summed E-state index contributed by atoms with van der Waals surface area (Å²) >= 11 is 5.46. The van der Waals surface area contributed by atoms with Crippen LogP contribution in [0.4, 0.5) is 0 Å². The lowest BCUT2D eigenvalue weighted by atomic mass is 10.0. The lowest BCUT2D eigenvalue weighted by Crippen LogP contribution is -2.53. The van der Waals surface area contributed by atoms with Gasteiger partial charge in [0.15, 0.2) is 5.11 Å². The largest absolute Gasteiger partial charge is 0.376 e. The highest BCUT2D eigenvalue weighted by Crippen LogP contribution is 2.21. The number of ether oxygens (including phenoxy) is 1. The van der Waals surface area contributed by atoms with Gasteiger partial charge in [0.1, 0.15) is 0 Å². The molecule has 27 heavy (non-hydrogen) atoms. The Morgan fingerprint density at radius 1 is 1.22 bits per heavy atom. The third kappa shape index (κ3) is 4.99. The number of sulfonamides is 1. The molecule has 0 radical (unpaired) electrons. The van der Waals surface area contributed by atoms with Gasteiger partial charge in [-0.2, -0.15) is 4.31 Å². The van der Waals surface area contributed by atoms with Crippen molar-refractivity contribution in [3.05, 3.63) is 29.8 Å². The van der Waals surface area contributed by atoms with Gasteiger partial charge in [-0.3, -0.25) is 0 Å². The third-order valence-corrected chi connectivity index (χ3v) is 7.53. The van der Waals surface area contributed by atoms with Crippen molar-refractivity contribution in [2.45, 2.75) is 43.6 Å². The molecule has 2 heterocycles. The Hall–Kier alpha value is -1.22. The SMILES string of the molecule is CC(C)c1ccc(S(=O)(=O)N2CCN(C(=S)NC[C@@H]3CCCO3)CC2)cc1. The average molecular weight is 412 g/mol. The van der Waals surface area contributed by atoms with E-state index in [0.29, 0.717) is 42.1 Å². The van der Waals surface area contributed by atoms with Crippen molar-refractivity contribution in [1.29, 1.82) is 0 Å². The maximum atomic E-state index is 12.9. The minimum atomic E-state index is -3.46. The van der Waals surface area contributed by atoms with Gasteiger partial charge in [0.05, 0.1) is 11.0 Å². The summed E-state index contributed by atoms with van der Waals surface area (Å²) in [6.45, 7) is 7.82. The van der Waals surface area contributed by atoms with E-state index in [0.717, 1.165) is 31.6 Å². The zero-order valence-electron chi connectivity index (χ0n) is 16.1. The first-order valence-corrected chi connectivity index (χ1v) is 11.5. The minimum absolute atomic E-state index is 0.235. The van der Waals surface area contributed by atoms with Gasteiger partial charge in [-0.15, -0.1) is 0 Å². The molecule has 2 aliphatic heterocycles. The van der Waals surface area contributed by atoms with Crippen molar-refractivity contribution in [3.8, 4) is 0 Å². The molecule has 8 heteroatoms. The fraction of sp³-hybridized carbons (Fsp3) is 0.632. The molecule has 0 spiro atoms. The number of piperazine rings is 1. The Morgan fingerprint density at radius 3 is 2.44 bits per heavy atom. The summed E-state index contributed by atoms with van der Waals surface area (Å²) in [5.41, 5.74) is 1.14. The zero-order chi connectivity index (χ0) is 19.4. The maximum absolute atomic E-state index is 12.9. The second-order valence-electron chi connectivity index (χ2n) is 7.44. The smallest absolute Gasteiger partial charge is 0.243 e. The van der Waals surface area contributed by atoms with Crippen LogP contribution in [-0.4, -0.2) is 68.2 Å². The zero-order valence-corrected chi connectivity index (χ0v) is 17.7. The molecule has 2 aliphatic rings. The first-order chi connectivity index (χ1) is 12.9. The molecule has 1 aromatic rings. The van der Waals surface area contributed by atoms with Crippen LogP contribution in [0.5, 0.6) is 0 Å². The highest BCUT2D eigenvalue weighted by Gasteiger charge is 2.29. The van der Waals surface area contributed by atoms with Crippen LogP contribution in [0.1, 0.15) is 38.2 Å². The molecular formula is C19H29N3O3S2. The van der Waals surface area contributed by atoms with E-state index in [1.807, 2.05) is 17.0 Å². The minimum Gasteiger partial charge on any atom is -0.376 e. The van der Waals surface area contributed by atoms with E-state index in [9.17, 15) is 8.42 Å². The van der Waals surface area contributed by atoms with Crippen molar-refractivity contribution < 1.29 is 13.2 Å². The van der Waals surface area contributed by atoms with Crippen LogP contribution in [0.15, 0.2) is 29.2 Å². The summed E-state index contributed by atoms with van der Waals surface area (Å²) in [5.74, 6) is 0.383. The molecule has 1 atom stereocenters. The van der Waals surface area contributed by atoms with E-state index in [-0.39, 0.29) is 6.10 Å². The van der Waals surface area contributed by atoms with Gasteiger partial charge < -0.3 is 15.0 Å². The summed E-state index contributed by atoms with van der Waals surface area (Å²) in [6, 6.07) is 7.23. The number of nitrogens with one attached hydrogen (secondary N) is 1. The van der Waals surface area contributed by atoms with Crippen molar-refractivity contribution >= 4 is 27.4 Å². The molecule has 2 fully saturated rings. The van der Waals surface area contributed by atoms with E-state index < -0.39 is 10.0 Å². The molecule has 0 unspecified atom stereocenters. The number of hydrogen-bond acceptors (Lipinski definition) is 4. The monoisotopic (exact) mass is 411 g/mol. The van der Waals surface area contributed by atoms with E-state index >= 15 is 0 Å². The molecule has 2 saturated heterocycles. The van der Waals surface area contributed by atoms with Crippen LogP contribution < -0.4 is 5.32 Å². The van der Waals surface area contributed by atoms with Crippen LogP contribution in [0.2, 0.25) is 0 Å². The molecule has 0 amide bonds. The molecular weight excluding hydrogens is 382 g/mol. The van der Waals surface area contributed by atoms with Gasteiger partial charge in [0, 0.05) is 39.3 Å². The van der Waals surface area contributed by atoms with Gasteiger partial charge in [-0.25, -0.2) is 8.42 Å². The highest BCUT2D eigenvalue weighted by atomic mass is 32.2. The van der Waals surface area contributed by atoms with Crippen LogP contribution in [0, 0.1) is 0 Å². The molecule has 1 aromatic carbocycles. The predicted molar refractivity (Wildman–Crippen MR) is 110 cm³/mol.